The molecule has 0 aliphatic rings. The van der Waals surface area contributed by atoms with Crippen molar-refractivity contribution in [3.63, 3.8) is 0 Å². The molecule has 1 rings (SSSR count). The Kier molecular flexibility index (Phi) is 6.50. The molecule has 1 heterocycles. The van der Waals surface area contributed by atoms with Crippen LogP contribution in [-0.2, 0) is 26.7 Å². The summed E-state index contributed by atoms with van der Waals surface area (Å²) in [5.74, 6) is -0.727. The number of amides is 1. The van der Waals surface area contributed by atoms with E-state index < -0.39 is 21.5 Å². The van der Waals surface area contributed by atoms with Crippen molar-refractivity contribution in [3.8, 4) is 0 Å². The van der Waals surface area contributed by atoms with Crippen LogP contribution in [0.5, 0.6) is 0 Å². The zero-order valence-corrected chi connectivity index (χ0v) is 15.1. The topological polar surface area (TPSA) is 130 Å². The maximum atomic E-state index is 12.1. The first kappa shape index (κ1) is 20.1. The molecule has 1 aromatic heterocycles. The number of aliphatic carboxylic acids is 1. The van der Waals surface area contributed by atoms with Gasteiger partial charge in [-0.3, -0.25) is 9.59 Å². The average molecular weight is 360 g/mol. The number of carboxylic acid groups (broad SMARTS) is 1. The predicted octanol–water partition coefficient (Wildman–Crippen LogP) is 0.157. The summed E-state index contributed by atoms with van der Waals surface area (Å²) in [6.07, 6.45) is 1.57. The maximum absolute atomic E-state index is 12.1. The van der Waals surface area contributed by atoms with Crippen molar-refractivity contribution in [2.24, 2.45) is 7.05 Å². The Labute approximate surface area is 141 Å². The molecule has 0 saturated carbocycles. The lowest BCUT2D eigenvalue weighted by molar-refractivity contribution is -0.137. The van der Waals surface area contributed by atoms with Gasteiger partial charge in [0.1, 0.15) is 5.82 Å². The number of hydrogen-bond donors (Lipinski definition) is 3. The van der Waals surface area contributed by atoms with Gasteiger partial charge in [0.25, 0.3) is 10.0 Å². The minimum absolute atomic E-state index is 0.0540. The summed E-state index contributed by atoms with van der Waals surface area (Å²) >= 11 is 0. The lowest BCUT2D eigenvalue weighted by atomic mass is 9.98. The smallest absolute Gasteiger partial charge is 0.303 e. The molecule has 0 bridgehead atoms. The molecule has 1 amide bonds. The lowest BCUT2D eigenvalue weighted by Crippen LogP contribution is -2.44. The van der Waals surface area contributed by atoms with E-state index in [4.69, 9.17) is 5.11 Å². The van der Waals surface area contributed by atoms with Gasteiger partial charge in [-0.05, 0) is 27.2 Å². The second-order valence-electron chi connectivity index (χ2n) is 6.21. The van der Waals surface area contributed by atoms with E-state index >= 15 is 0 Å². The van der Waals surface area contributed by atoms with Crippen LogP contribution in [0.4, 0.5) is 0 Å². The van der Waals surface area contributed by atoms with Crippen molar-refractivity contribution in [1.29, 1.82) is 0 Å². The first-order chi connectivity index (χ1) is 10.9. The Balaban J connectivity index is 2.48. The summed E-state index contributed by atoms with van der Waals surface area (Å²) in [6, 6.07) is 0. The molecule has 0 atom stereocenters. The SMILES string of the molecule is Cc1nc(S(=O)(=O)NCCC(=O)NC(C)(C)CCC(=O)O)cn1C. The Hall–Kier alpha value is -1.94. The van der Waals surface area contributed by atoms with Gasteiger partial charge in [-0.2, -0.15) is 0 Å². The van der Waals surface area contributed by atoms with Gasteiger partial charge in [0.05, 0.1) is 0 Å². The van der Waals surface area contributed by atoms with E-state index in [-0.39, 0.29) is 36.7 Å². The normalized spacial score (nSPS) is 12.2. The molecule has 0 radical (unpaired) electrons. The molecule has 0 fully saturated rings. The van der Waals surface area contributed by atoms with Crippen molar-refractivity contribution in [2.75, 3.05) is 6.54 Å². The van der Waals surface area contributed by atoms with Gasteiger partial charge in [-0.15, -0.1) is 0 Å². The molecule has 3 N–H and O–H groups in total. The number of aromatic nitrogens is 2. The van der Waals surface area contributed by atoms with E-state index in [1.54, 1.807) is 32.4 Å². The highest BCUT2D eigenvalue weighted by molar-refractivity contribution is 7.89. The second-order valence-corrected chi connectivity index (χ2v) is 7.92. The van der Waals surface area contributed by atoms with E-state index in [0.717, 1.165) is 0 Å². The number of aryl methyl sites for hydroxylation is 2. The fourth-order valence-corrected chi connectivity index (χ4v) is 3.02. The molecule has 24 heavy (non-hydrogen) atoms. The van der Waals surface area contributed by atoms with E-state index in [0.29, 0.717) is 5.82 Å². The zero-order valence-electron chi connectivity index (χ0n) is 14.3. The van der Waals surface area contributed by atoms with Gasteiger partial charge in [0.15, 0.2) is 5.03 Å². The number of carbonyl (C=O) groups excluding carboxylic acids is 1. The van der Waals surface area contributed by atoms with E-state index in [2.05, 4.69) is 15.0 Å². The van der Waals surface area contributed by atoms with E-state index in [1.165, 1.54) is 6.20 Å². The van der Waals surface area contributed by atoms with Crippen molar-refractivity contribution >= 4 is 21.9 Å². The fourth-order valence-electron chi connectivity index (χ4n) is 1.95. The van der Waals surface area contributed by atoms with Crippen molar-refractivity contribution < 1.29 is 23.1 Å². The quantitative estimate of drug-likeness (QED) is 0.575. The van der Waals surface area contributed by atoms with Crippen molar-refractivity contribution in [2.45, 2.75) is 50.6 Å². The molecular weight excluding hydrogens is 336 g/mol. The highest BCUT2D eigenvalue weighted by Crippen LogP contribution is 2.11. The number of nitrogens with one attached hydrogen (secondary N) is 2. The number of carbonyl (C=O) groups is 2. The van der Waals surface area contributed by atoms with Crippen LogP contribution in [0.15, 0.2) is 11.2 Å². The summed E-state index contributed by atoms with van der Waals surface area (Å²) in [6.45, 7) is 5.05. The number of hydrogen-bond acceptors (Lipinski definition) is 5. The Morgan fingerprint density at radius 1 is 1.33 bits per heavy atom. The van der Waals surface area contributed by atoms with Crippen LogP contribution < -0.4 is 10.0 Å². The predicted molar refractivity (Wildman–Crippen MR) is 86.8 cm³/mol. The molecule has 0 aliphatic carbocycles. The number of rotatable bonds is 9. The number of imidazole rings is 1. The van der Waals surface area contributed by atoms with Gasteiger partial charge >= 0.3 is 5.97 Å². The lowest BCUT2D eigenvalue weighted by Gasteiger charge is -2.25. The van der Waals surface area contributed by atoms with Gasteiger partial charge in [-0.1, -0.05) is 0 Å². The molecular formula is C14H24N4O5S. The summed E-state index contributed by atoms with van der Waals surface area (Å²) < 4.78 is 28.0. The molecule has 0 spiro atoms. The Morgan fingerprint density at radius 2 is 1.96 bits per heavy atom. The average Bonchev–Trinajstić information content (AvgIpc) is 2.77. The van der Waals surface area contributed by atoms with Crippen LogP contribution in [0.3, 0.4) is 0 Å². The standard InChI is InChI=1S/C14H24N4O5S/c1-10-16-12(9-18(10)4)24(22,23)15-8-6-11(19)17-14(2,3)7-5-13(20)21/h9,15H,5-8H2,1-4H3,(H,17,19)(H,20,21). The molecule has 136 valence electrons. The Morgan fingerprint density at radius 3 is 2.46 bits per heavy atom. The fraction of sp³-hybridized carbons (Fsp3) is 0.643. The molecule has 1 aromatic rings. The minimum atomic E-state index is -3.76. The summed E-state index contributed by atoms with van der Waals surface area (Å²) in [4.78, 5) is 26.4. The maximum Gasteiger partial charge on any atom is 0.303 e. The van der Waals surface area contributed by atoms with Crippen molar-refractivity contribution in [3.05, 3.63) is 12.0 Å². The summed E-state index contributed by atoms with van der Waals surface area (Å²) in [5, 5.41) is 11.3. The van der Waals surface area contributed by atoms with Crippen LogP contribution in [0.2, 0.25) is 0 Å². The van der Waals surface area contributed by atoms with Crippen LogP contribution in [0, 0.1) is 6.92 Å². The van der Waals surface area contributed by atoms with Gasteiger partial charge in [-0.25, -0.2) is 18.1 Å². The van der Waals surface area contributed by atoms with E-state index in [9.17, 15) is 18.0 Å². The van der Waals surface area contributed by atoms with Crippen molar-refractivity contribution in [1.82, 2.24) is 19.6 Å². The first-order valence-corrected chi connectivity index (χ1v) is 8.94. The van der Waals surface area contributed by atoms with Crippen LogP contribution in [0.25, 0.3) is 0 Å². The van der Waals surface area contributed by atoms with Gasteiger partial charge in [0.2, 0.25) is 5.91 Å². The number of carboxylic acids is 1. The molecule has 0 unspecified atom stereocenters. The van der Waals surface area contributed by atoms with E-state index in [1.807, 2.05) is 0 Å². The molecule has 10 heteroatoms. The number of nitrogens with zero attached hydrogens (tertiary/aromatic N) is 2. The Bertz CT molecular complexity index is 689. The molecule has 0 saturated heterocycles. The third kappa shape index (κ3) is 6.28. The summed E-state index contributed by atoms with van der Waals surface area (Å²) in [7, 11) is -2.07. The second kappa shape index (κ2) is 7.75. The van der Waals surface area contributed by atoms with Crippen LogP contribution >= 0.6 is 0 Å². The molecule has 9 nitrogen and oxygen atoms in total. The zero-order chi connectivity index (χ0) is 18.5. The third-order valence-electron chi connectivity index (χ3n) is 3.45. The van der Waals surface area contributed by atoms with Gasteiger partial charge in [0, 0.05) is 38.2 Å². The number of sulfonamides is 1. The minimum Gasteiger partial charge on any atom is -0.481 e. The summed E-state index contributed by atoms with van der Waals surface area (Å²) in [5.41, 5.74) is -0.674. The molecule has 0 aromatic carbocycles. The third-order valence-corrected chi connectivity index (χ3v) is 4.78. The highest BCUT2D eigenvalue weighted by atomic mass is 32.2. The van der Waals surface area contributed by atoms with Crippen LogP contribution in [0.1, 0.15) is 38.9 Å². The highest BCUT2D eigenvalue weighted by Gasteiger charge is 2.22. The largest absolute Gasteiger partial charge is 0.481 e. The van der Waals surface area contributed by atoms with Crippen LogP contribution in [-0.4, -0.2) is 47.0 Å². The monoisotopic (exact) mass is 360 g/mol. The van der Waals surface area contributed by atoms with Gasteiger partial charge < -0.3 is 15.0 Å². The first-order valence-electron chi connectivity index (χ1n) is 7.45. The molecule has 0 aliphatic heterocycles.